The van der Waals surface area contributed by atoms with Crippen molar-refractivity contribution in [3.63, 3.8) is 0 Å². The Morgan fingerprint density at radius 2 is 1.85 bits per heavy atom. The van der Waals surface area contributed by atoms with Crippen molar-refractivity contribution >= 4 is 17.5 Å². The molecule has 2 saturated heterocycles. The largest absolute Gasteiger partial charge is 0.390 e. The van der Waals surface area contributed by atoms with Gasteiger partial charge in [-0.1, -0.05) is 6.07 Å². The molecule has 0 aromatic heterocycles. The number of nitrogens with zero attached hydrogens (tertiary/aromatic N) is 2. The van der Waals surface area contributed by atoms with Gasteiger partial charge in [0.2, 0.25) is 5.91 Å². The molecule has 1 aromatic rings. The number of anilines is 1. The Labute approximate surface area is 155 Å². The van der Waals surface area contributed by atoms with Crippen molar-refractivity contribution in [1.82, 2.24) is 4.90 Å². The van der Waals surface area contributed by atoms with Crippen molar-refractivity contribution in [2.75, 3.05) is 24.5 Å². The molecule has 2 aliphatic heterocycles. The molecule has 1 aliphatic carbocycles. The molecule has 140 valence electrons. The summed E-state index contributed by atoms with van der Waals surface area (Å²) in [7, 11) is 0. The van der Waals surface area contributed by atoms with Gasteiger partial charge >= 0.3 is 0 Å². The number of likely N-dealkylation sites (tertiary alicyclic amines) is 1. The second-order valence-electron chi connectivity index (χ2n) is 8.50. The number of aryl methyl sites for hydroxylation is 1. The summed E-state index contributed by atoms with van der Waals surface area (Å²) in [4.78, 5) is 28.8. The Balaban J connectivity index is 1.50. The van der Waals surface area contributed by atoms with Gasteiger partial charge in [-0.2, -0.15) is 0 Å². The summed E-state index contributed by atoms with van der Waals surface area (Å²) < 4.78 is 0. The lowest BCUT2D eigenvalue weighted by atomic mass is 9.53. The molecule has 1 atom stereocenters. The Hall–Kier alpha value is -1.88. The lowest BCUT2D eigenvalue weighted by Crippen LogP contribution is -2.60. The number of benzene rings is 1. The van der Waals surface area contributed by atoms with Crippen molar-refractivity contribution < 1.29 is 14.7 Å². The van der Waals surface area contributed by atoms with Gasteiger partial charge in [0.1, 0.15) is 0 Å². The van der Waals surface area contributed by atoms with Gasteiger partial charge in [-0.25, -0.2) is 0 Å². The predicted molar refractivity (Wildman–Crippen MR) is 100 cm³/mol. The van der Waals surface area contributed by atoms with Crippen molar-refractivity contribution in [2.24, 2.45) is 5.41 Å². The fraction of sp³-hybridized carbons (Fsp3) is 0.619. The van der Waals surface area contributed by atoms with Gasteiger partial charge in [-0.3, -0.25) is 9.59 Å². The van der Waals surface area contributed by atoms with Crippen molar-refractivity contribution in [3.05, 3.63) is 29.3 Å². The number of hydrogen-bond donors (Lipinski definition) is 1. The smallest absolute Gasteiger partial charge is 0.253 e. The highest BCUT2D eigenvalue weighted by Gasteiger charge is 2.55. The van der Waals surface area contributed by atoms with E-state index in [2.05, 4.69) is 0 Å². The molecule has 1 spiro atoms. The van der Waals surface area contributed by atoms with E-state index in [0.717, 1.165) is 49.9 Å². The van der Waals surface area contributed by atoms with Gasteiger partial charge in [0.25, 0.3) is 5.91 Å². The van der Waals surface area contributed by atoms with Gasteiger partial charge in [-0.15, -0.1) is 0 Å². The van der Waals surface area contributed by atoms with Crippen LogP contribution < -0.4 is 4.90 Å². The van der Waals surface area contributed by atoms with Crippen LogP contribution in [0.4, 0.5) is 5.69 Å². The summed E-state index contributed by atoms with van der Waals surface area (Å²) in [5, 5.41) is 10.5. The molecule has 1 unspecified atom stereocenters. The third-order valence-electron chi connectivity index (χ3n) is 7.06. The summed E-state index contributed by atoms with van der Waals surface area (Å²) in [5.41, 5.74) is 1.98. The van der Waals surface area contributed by atoms with Crippen molar-refractivity contribution in [3.8, 4) is 0 Å². The highest BCUT2D eigenvalue weighted by Crippen LogP contribution is 2.56. The molecular weight excluding hydrogens is 328 g/mol. The molecule has 2 amide bonds. The number of aliphatic hydroxyl groups is 1. The second-order valence-corrected chi connectivity index (χ2v) is 8.50. The van der Waals surface area contributed by atoms with Crippen molar-refractivity contribution in [2.45, 2.75) is 58.0 Å². The third-order valence-corrected chi connectivity index (χ3v) is 7.06. The predicted octanol–water partition coefficient (Wildman–Crippen LogP) is 2.89. The van der Waals surface area contributed by atoms with Crippen LogP contribution in [0.15, 0.2) is 18.2 Å². The zero-order chi connectivity index (χ0) is 18.5. The zero-order valence-electron chi connectivity index (χ0n) is 15.8. The van der Waals surface area contributed by atoms with E-state index in [-0.39, 0.29) is 17.2 Å². The lowest BCUT2D eigenvalue weighted by molar-refractivity contribution is -0.174. The standard InChI is InChI=1S/C21H28N2O3/c1-15-5-6-16(14-17(15)23-11-3-4-18(23)24)19(25)22-12-9-21(10-13-22)8-7-20(21,2)26/h5-6,14,26H,3-4,7-13H2,1-2H3. The molecule has 26 heavy (non-hydrogen) atoms. The molecule has 5 nitrogen and oxygen atoms in total. The van der Waals surface area contributed by atoms with Gasteiger partial charge in [-0.05, 0) is 63.6 Å². The highest BCUT2D eigenvalue weighted by molar-refractivity contribution is 5.99. The van der Waals surface area contributed by atoms with Crippen LogP contribution in [0.3, 0.4) is 0 Å². The lowest BCUT2D eigenvalue weighted by Gasteiger charge is -2.58. The fourth-order valence-corrected chi connectivity index (χ4v) is 4.89. The molecule has 1 saturated carbocycles. The van der Waals surface area contributed by atoms with Crippen LogP contribution in [-0.4, -0.2) is 47.1 Å². The van der Waals surface area contributed by atoms with Gasteiger partial charge in [0.05, 0.1) is 5.60 Å². The van der Waals surface area contributed by atoms with Crippen LogP contribution in [0.25, 0.3) is 0 Å². The molecule has 5 heteroatoms. The fourth-order valence-electron chi connectivity index (χ4n) is 4.89. The topological polar surface area (TPSA) is 60.9 Å². The van der Waals surface area contributed by atoms with Crippen LogP contribution >= 0.6 is 0 Å². The summed E-state index contributed by atoms with van der Waals surface area (Å²) in [6.45, 7) is 6.05. The van der Waals surface area contributed by atoms with Crippen LogP contribution in [-0.2, 0) is 4.79 Å². The van der Waals surface area contributed by atoms with Gasteiger partial charge in [0.15, 0.2) is 0 Å². The first kappa shape index (κ1) is 17.5. The maximum absolute atomic E-state index is 13.0. The summed E-state index contributed by atoms with van der Waals surface area (Å²) >= 11 is 0. The molecule has 0 bridgehead atoms. The third kappa shape index (κ3) is 2.64. The van der Waals surface area contributed by atoms with E-state index < -0.39 is 5.60 Å². The Morgan fingerprint density at radius 1 is 1.12 bits per heavy atom. The van der Waals surface area contributed by atoms with Gasteiger partial charge in [0, 0.05) is 42.7 Å². The van der Waals surface area contributed by atoms with E-state index >= 15 is 0 Å². The first-order valence-corrected chi connectivity index (χ1v) is 9.76. The van der Waals surface area contributed by atoms with E-state index in [9.17, 15) is 14.7 Å². The minimum atomic E-state index is -0.574. The maximum atomic E-state index is 13.0. The van der Waals surface area contributed by atoms with E-state index in [0.29, 0.717) is 25.1 Å². The number of piperidine rings is 1. The van der Waals surface area contributed by atoms with Crippen LogP contribution in [0, 0.1) is 12.3 Å². The monoisotopic (exact) mass is 356 g/mol. The Kier molecular flexibility index (Phi) is 4.10. The van der Waals surface area contributed by atoms with Gasteiger partial charge < -0.3 is 14.9 Å². The number of rotatable bonds is 2. The quantitative estimate of drug-likeness (QED) is 0.886. The summed E-state index contributed by atoms with van der Waals surface area (Å²) in [6.07, 6.45) is 5.14. The van der Waals surface area contributed by atoms with E-state index in [1.807, 2.05) is 41.8 Å². The highest BCUT2D eigenvalue weighted by atomic mass is 16.3. The molecule has 4 rings (SSSR count). The summed E-state index contributed by atoms with van der Waals surface area (Å²) in [5.74, 6) is 0.177. The minimum absolute atomic E-state index is 0.00415. The number of hydrogen-bond acceptors (Lipinski definition) is 3. The molecule has 0 radical (unpaired) electrons. The average molecular weight is 356 g/mol. The molecule has 2 heterocycles. The molecular formula is C21H28N2O3. The first-order valence-electron chi connectivity index (χ1n) is 9.76. The van der Waals surface area contributed by atoms with Crippen LogP contribution in [0.1, 0.15) is 61.4 Å². The van der Waals surface area contributed by atoms with E-state index in [4.69, 9.17) is 0 Å². The molecule has 1 N–H and O–H groups in total. The minimum Gasteiger partial charge on any atom is -0.390 e. The average Bonchev–Trinajstić information content (AvgIpc) is 3.06. The number of carbonyl (C=O) groups excluding carboxylic acids is 2. The summed E-state index contributed by atoms with van der Waals surface area (Å²) in [6, 6.07) is 5.69. The van der Waals surface area contributed by atoms with E-state index in [1.165, 1.54) is 0 Å². The second kappa shape index (κ2) is 6.08. The van der Waals surface area contributed by atoms with Crippen LogP contribution in [0.2, 0.25) is 0 Å². The number of amides is 2. The molecule has 3 fully saturated rings. The molecule has 1 aromatic carbocycles. The first-order chi connectivity index (χ1) is 12.3. The SMILES string of the molecule is Cc1ccc(C(=O)N2CCC3(CC2)CCC3(C)O)cc1N1CCCC1=O. The zero-order valence-corrected chi connectivity index (χ0v) is 15.8. The van der Waals surface area contributed by atoms with E-state index in [1.54, 1.807) is 0 Å². The Morgan fingerprint density at radius 3 is 2.38 bits per heavy atom. The number of carbonyl (C=O) groups is 2. The maximum Gasteiger partial charge on any atom is 0.253 e. The normalized spacial score (nSPS) is 27.7. The van der Waals surface area contributed by atoms with Crippen molar-refractivity contribution in [1.29, 1.82) is 0 Å². The molecule has 3 aliphatic rings. The Bertz CT molecular complexity index is 748. The van der Waals surface area contributed by atoms with Crippen LogP contribution in [0.5, 0.6) is 0 Å².